The minimum absolute atomic E-state index is 0.185. The van der Waals surface area contributed by atoms with Crippen molar-refractivity contribution >= 4 is 24.2 Å². The van der Waals surface area contributed by atoms with Crippen LogP contribution < -0.4 is 14.7 Å². The first-order chi connectivity index (χ1) is 9.38. The second kappa shape index (κ2) is 7.50. The maximum Gasteiger partial charge on any atom is 0.532 e. The fraction of sp³-hybridized carbons (Fsp3) is 0.364. The highest BCUT2D eigenvalue weighted by Gasteiger charge is 2.30. The summed E-state index contributed by atoms with van der Waals surface area (Å²) in [5.74, 6) is -0.0837. The normalized spacial score (nSPS) is 15.0. The largest absolute Gasteiger partial charge is 0.532 e. The highest BCUT2D eigenvalue weighted by molar-refractivity contribution is 7.82. The molecule has 9 heteroatoms. The molecule has 0 fully saturated rings. The third-order valence-corrected chi connectivity index (χ3v) is 3.36. The Kier molecular flexibility index (Phi) is 6.29. The summed E-state index contributed by atoms with van der Waals surface area (Å²) in [5.41, 5.74) is 2.32. The van der Waals surface area contributed by atoms with Gasteiger partial charge in [0.05, 0.1) is 14.2 Å². The number of halogens is 1. The van der Waals surface area contributed by atoms with Crippen molar-refractivity contribution in [2.24, 2.45) is 0 Å². The molecule has 1 unspecified atom stereocenters. The van der Waals surface area contributed by atoms with Gasteiger partial charge in [0.2, 0.25) is 0 Å². The predicted octanol–water partition coefficient (Wildman–Crippen LogP) is 2.50. The Bertz CT molecular complexity index is 494. The van der Waals surface area contributed by atoms with Crippen LogP contribution in [0.15, 0.2) is 24.3 Å². The van der Waals surface area contributed by atoms with E-state index >= 15 is 0 Å². The van der Waals surface area contributed by atoms with Crippen LogP contribution in [0.5, 0.6) is 11.5 Å². The Hall–Kier alpha value is -1.27. The van der Waals surface area contributed by atoms with Gasteiger partial charge in [0.15, 0.2) is 0 Å². The summed E-state index contributed by atoms with van der Waals surface area (Å²) < 4.78 is 26.4. The maximum absolute atomic E-state index is 11.9. The fourth-order valence-corrected chi connectivity index (χ4v) is 2.42. The van der Waals surface area contributed by atoms with Gasteiger partial charge < -0.3 is 18.6 Å². The first kappa shape index (κ1) is 16.8. The molecule has 0 aromatic heterocycles. The van der Waals surface area contributed by atoms with Gasteiger partial charge >= 0.3 is 12.9 Å². The SMILES string of the molecule is CON[C@@H](C)C(=O)OP(=O)(Cl)Oc1ccc(OC)cc1. The third-order valence-electron chi connectivity index (χ3n) is 2.12. The summed E-state index contributed by atoms with van der Waals surface area (Å²) in [5, 5.41) is 0. The molecular formula is C11H15ClNO6P. The van der Waals surface area contributed by atoms with Crippen LogP contribution in [0.2, 0.25) is 0 Å². The van der Waals surface area contributed by atoms with Crippen molar-refractivity contribution in [1.82, 2.24) is 5.48 Å². The molecule has 0 aliphatic heterocycles. The van der Waals surface area contributed by atoms with Crippen LogP contribution in [0.4, 0.5) is 0 Å². The standard InChI is InChI=1S/C11H15ClNO6P/c1-8(13-17-3)11(14)19-20(12,15)18-10-6-4-9(16-2)5-7-10/h4-8,13H,1-3H3/t8-,20?/m0/s1. The lowest BCUT2D eigenvalue weighted by molar-refractivity contribution is -0.139. The summed E-state index contributed by atoms with van der Waals surface area (Å²) in [4.78, 5) is 16.1. The second-order valence-electron chi connectivity index (χ2n) is 3.65. The molecule has 2 atom stereocenters. The van der Waals surface area contributed by atoms with E-state index in [4.69, 9.17) is 20.5 Å². The number of ether oxygens (including phenoxy) is 1. The molecule has 0 saturated heterocycles. The molecule has 0 heterocycles. The molecule has 7 nitrogen and oxygen atoms in total. The number of rotatable bonds is 7. The van der Waals surface area contributed by atoms with Crippen molar-refractivity contribution in [2.75, 3.05) is 14.2 Å². The molecule has 0 aliphatic carbocycles. The number of methoxy groups -OCH3 is 1. The Labute approximate surface area is 121 Å². The number of hydrogen-bond acceptors (Lipinski definition) is 7. The molecule has 112 valence electrons. The van der Waals surface area contributed by atoms with Gasteiger partial charge in [-0.05, 0) is 31.2 Å². The molecule has 0 aliphatic rings. The van der Waals surface area contributed by atoms with Crippen LogP contribution in [0, 0.1) is 0 Å². The van der Waals surface area contributed by atoms with E-state index in [1.807, 2.05) is 0 Å². The van der Waals surface area contributed by atoms with Crippen LogP contribution in [0.1, 0.15) is 6.92 Å². The number of hydrogen-bond donors (Lipinski definition) is 1. The molecule has 1 rings (SSSR count). The van der Waals surface area contributed by atoms with Crippen molar-refractivity contribution < 1.29 is 28.0 Å². The lowest BCUT2D eigenvalue weighted by Crippen LogP contribution is -2.33. The summed E-state index contributed by atoms with van der Waals surface area (Å²) in [6.07, 6.45) is 0. The first-order valence-corrected chi connectivity index (χ1v) is 7.98. The molecule has 0 amide bonds. The van der Waals surface area contributed by atoms with E-state index in [0.717, 1.165) is 0 Å². The molecule has 1 N–H and O–H groups in total. The van der Waals surface area contributed by atoms with E-state index in [9.17, 15) is 9.36 Å². The monoisotopic (exact) mass is 323 g/mol. The zero-order valence-corrected chi connectivity index (χ0v) is 12.8. The van der Waals surface area contributed by atoms with E-state index in [2.05, 4.69) is 14.8 Å². The number of hydroxylamine groups is 1. The third kappa shape index (κ3) is 5.38. The predicted molar refractivity (Wildman–Crippen MR) is 72.8 cm³/mol. The summed E-state index contributed by atoms with van der Waals surface area (Å²) in [6, 6.07) is 5.30. The maximum atomic E-state index is 11.9. The smallest absolute Gasteiger partial charge is 0.497 e. The number of carbonyl (C=O) groups is 1. The van der Waals surface area contributed by atoms with Gasteiger partial charge in [-0.15, -0.1) is 0 Å². The van der Waals surface area contributed by atoms with Gasteiger partial charge in [-0.3, -0.25) is 0 Å². The second-order valence-corrected chi connectivity index (χ2v) is 6.12. The highest BCUT2D eigenvalue weighted by Crippen LogP contribution is 2.53. The lowest BCUT2D eigenvalue weighted by atomic mass is 10.3. The number of nitrogens with one attached hydrogen (secondary N) is 1. The summed E-state index contributed by atoms with van der Waals surface area (Å²) in [7, 11) is 2.84. The first-order valence-electron chi connectivity index (χ1n) is 5.53. The lowest BCUT2D eigenvalue weighted by Gasteiger charge is -2.15. The van der Waals surface area contributed by atoms with E-state index in [0.29, 0.717) is 5.75 Å². The summed E-state index contributed by atoms with van der Waals surface area (Å²) >= 11 is 5.57. The van der Waals surface area contributed by atoms with Crippen molar-refractivity contribution in [2.45, 2.75) is 13.0 Å². The average molecular weight is 324 g/mol. The zero-order chi connectivity index (χ0) is 15.2. The topological polar surface area (TPSA) is 83.1 Å². The van der Waals surface area contributed by atoms with Gasteiger partial charge in [0, 0.05) is 11.2 Å². The number of carbonyl (C=O) groups excluding carboxylic acids is 1. The molecule has 1 aromatic rings. The molecule has 0 bridgehead atoms. The van der Waals surface area contributed by atoms with Crippen LogP contribution >= 0.6 is 18.2 Å². The molecule has 0 saturated carbocycles. The molecule has 20 heavy (non-hydrogen) atoms. The van der Waals surface area contributed by atoms with Crippen molar-refractivity contribution in [3.63, 3.8) is 0 Å². The number of benzene rings is 1. The van der Waals surface area contributed by atoms with E-state index in [-0.39, 0.29) is 5.75 Å². The van der Waals surface area contributed by atoms with Crippen LogP contribution in [-0.4, -0.2) is 26.2 Å². The van der Waals surface area contributed by atoms with E-state index < -0.39 is 19.0 Å². The van der Waals surface area contributed by atoms with Crippen LogP contribution in [0.3, 0.4) is 0 Å². The van der Waals surface area contributed by atoms with Crippen molar-refractivity contribution in [3.05, 3.63) is 24.3 Å². The Morgan fingerprint density at radius 1 is 1.25 bits per heavy atom. The van der Waals surface area contributed by atoms with Gasteiger partial charge in [-0.2, -0.15) is 5.48 Å². The Morgan fingerprint density at radius 3 is 2.30 bits per heavy atom. The molecular weight excluding hydrogens is 309 g/mol. The molecule has 0 spiro atoms. The van der Waals surface area contributed by atoms with Crippen molar-refractivity contribution in [1.29, 1.82) is 0 Å². The zero-order valence-electron chi connectivity index (χ0n) is 11.2. The Balaban J connectivity index is 2.64. The van der Waals surface area contributed by atoms with Crippen LogP contribution in [-0.2, 0) is 18.7 Å². The minimum atomic E-state index is -4.09. The quantitative estimate of drug-likeness (QED) is 0.609. The minimum Gasteiger partial charge on any atom is -0.497 e. The fourth-order valence-electron chi connectivity index (χ4n) is 1.19. The van der Waals surface area contributed by atoms with Gasteiger partial charge in [-0.25, -0.2) is 9.36 Å². The summed E-state index contributed by atoms with van der Waals surface area (Å²) in [6.45, 7) is -2.63. The Morgan fingerprint density at radius 2 is 1.80 bits per heavy atom. The molecule has 1 aromatic carbocycles. The van der Waals surface area contributed by atoms with Crippen LogP contribution in [0.25, 0.3) is 0 Å². The van der Waals surface area contributed by atoms with Gasteiger partial charge in [0.25, 0.3) is 0 Å². The van der Waals surface area contributed by atoms with Gasteiger partial charge in [0.1, 0.15) is 17.5 Å². The highest BCUT2D eigenvalue weighted by atomic mass is 35.7. The van der Waals surface area contributed by atoms with E-state index in [1.54, 1.807) is 12.1 Å². The van der Waals surface area contributed by atoms with Gasteiger partial charge in [-0.1, -0.05) is 0 Å². The molecule has 0 radical (unpaired) electrons. The average Bonchev–Trinajstić information content (AvgIpc) is 2.38. The van der Waals surface area contributed by atoms with E-state index in [1.165, 1.54) is 33.3 Å². The van der Waals surface area contributed by atoms with Crippen molar-refractivity contribution in [3.8, 4) is 11.5 Å².